The fourth-order valence-electron chi connectivity index (χ4n) is 3.97. The Balaban J connectivity index is 2.06. The molecule has 0 spiro atoms. The third-order valence-corrected chi connectivity index (χ3v) is 5.77. The molecule has 0 radical (unpaired) electrons. The second-order valence-electron chi connectivity index (χ2n) is 7.96. The summed E-state index contributed by atoms with van der Waals surface area (Å²) in [5, 5.41) is 0.855. The van der Waals surface area contributed by atoms with Crippen molar-refractivity contribution in [3.8, 4) is 0 Å². The Kier molecular flexibility index (Phi) is 7.64. The van der Waals surface area contributed by atoms with Crippen LogP contribution in [-0.2, 0) is 6.54 Å². The monoisotopic (exact) mass is 416 g/mol. The molecule has 2 nitrogen and oxygen atoms in total. The van der Waals surface area contributed by atoms with Crippen molar-refractivity contribution in [1.29, 1.82) is 0 Å². The number of hydrogen-bond donors (Lipinski definition) is 0. The van der Waals surface area contributed by atoms with Crippen LogP contribution in [0.4, 0.5) is 11.4 Å². The predicted molar refractivity (Wildman–Crippen MR) is 134 cm³/mol. The lowest BCUT2D eigenvalue weighted by Gasteiger charge is -2.36. The fraction of sp³-hybridized carbons (Fsp3) is 0.296. The molecular weight excluding hydrogens is 384 g/mol. The quantitative estimate of drug-likeness (QED) is 0.372. The van der Waals surface area contributed by atoms with E-state index in [-0.39, 0.29) is 0 Å². The van der Waals surface area contributed by atoms with Crippen molar-refractivity contribution in [2.24, 2.45) is 0 Å². The van der Waals surface area contributed by atoms with Gasteiger partial charge < -0.3 is 4.90 Å². The molecule has 156 valence electrons. The molecule has 0 atom stereocenters. The minimum Gasteiger partial charge on any atom is -0.344 e. The van der Waals surface area contributed by atoms with E-state index in [1.54, 1.807) is 0 Å². The van der Waals surface area contributed by atoms with Gasteiger partial charge in [-0.2, -0.15) is 0 Å². The summed E-state index contributed by atoms with van der Waals surface area (Å²) in [6.07, 6.45) is 2.25. The van der Waals surface area contributed by atoms with Crippen molar-refractivity contribution < 1.29 is 0 Å². The van der Waals surface area contributed by atoms with Gasteiger partial charge in [0.15, 0.2) is 5.11 Å². The van der Waals surface area contributed by atoms with E-state index in [4.69, 9.17) is 12.2 Å². The average molecular weight is 417 g/mol. The predicted octanol–water partition coefficient (Wildman–Crippen LogP) is 7.34. The van der Waals surface area contributed by atoms with Crippen molar-refractivity contribution in [2.75, 3.05) is 11.4 Å². The first-order chi connectivity index (χ1) is 14.5. The average Bonchev–Trinajstić information content (AvgIpc) is 2.74. The highest BCUT2D eigenvalue weighted by atomic mass is 32.1. The van der Waals surface area contributed by atoms with Crippen LogP contribution < -0.4 is 4.90 Å². The lowest BCUT2D eigenvalue weighted by atomic mass is 10.0. The van der Waals surface area contributed by atoms with E-state index in [0.29, 0.717) is 0 Å². The van der Waals surface area contributed by atoms with Crippen molar-refractivity contribution in [3.63, 3.8) is 0 Å². The molecular formula is C27H32N2S. The third-order valence-electron chi connectivity index (χ3n) is 5.33. The molecule has 3 heteroatoms. The summed E-state index contributed by atoms with van der Waals surface area (Å²) in [5.74, 6) is 0. The lowest BCUT2D eigenvalue weighted by molar-refractivity contribution is 0.404. The topological polar surface area (TPSA) is 6.48 Å². The summed E-state index contributed by atoms with van der Waals surface area (Å²) in [6, 6.07) is 25.6. The number of aryl methyl sites for hydroxylation is 3. The molecule has 0 bridgehead atoms. The standard InChI is InChI=1S/C27H32N2S/c1-5-6-17-28(20-24-13-9-7-10-14-24)27(30)29(25-15-11-8-12-16-25)26-22(3)18-21(2)19-23(26)4/h7-16,18-19H,5-6,17,20H2,1-4H3. The maximum Gasteiger partial charge on any atom is 0.181 e. The maximum absolute atomic E-state index is 6.18. The first kappa shape index (κ1) is 22.0. The Morgan fingerprint density at radius 1 is 0.833 bits per heavy atom. The Morgan fingerprint density at radius 2 is 1.40 bits per heavy atom. The highest BCUT2D eigenvalue weighted by molar-refractivity contribution is 7.80. The highest BCUT2D eigenvalue weighted by Crippen LogP contribution is 2.34. The van der Waals surface area contributed by atoms with E-state index in [1.807, 2.05) is 0 Å². The maximum atomic E-state index is 6.18. The third kappa shape index (κ3) is 5.28. The van der Waals surface area contributed by atoms with Crippen LogP contribution in [0.25, 0.3) is 0 Å². The van der Waals surface area contributed by atoms with Crippen LogP contribution in [-0.4, -0.2) is 16.6 Å². The van der Waals surface area contributed by atoms with Crippen molar-refractivity contribution in [2.45, 2.75) is 47.1 Å². The molecule has 0 fully saturated rings. The van der Waals surface area contributed by atoms with E-state index in [0.717, 1.165) is 36.7 Å². The number of rotatable bonds is 7. The van der Waals surface area contributed by atoms with E-state index < -0.39 is 0 Å². The van der Waals surface area contributed by atoms with Crippen molar-refractivity contribution in [1.82, 2.24) is 4.90 Å². The molecule has 0 saturated heterocycles. The molecule has 0 aliphatic rings. The Labute approximate surface area is 187 Å². The summed E-state index contributed by atoms with van der Waals surface area (Å²) in [4.78, 5) is 4.61. The van der Waals surface area contributed by atoms with Crippen molar-refractivity contribution in [3.05, 3.63) is 95.1 Å². The van der Waals surface area contributed by atoms with Crippen LogP contribution in [0.2, 0.25) is 0 Å². The first-order valence-corrected chi connectivity index (χ1v) is 11.2. The number of nitrogens with zero attached hydrogens (tertiary/aromatic N) is 2. The highest BCUT2D eigenvalue weighted by Gasteiger charge is 2.23. The van der Waals surface area contributed by atoms with Crippen LogP contribution in [0.5, 0.6) is 0 Å². The van der Waals surface area contributed by atoms with Gasteiger partial charge in [-0.05, 0) is 68.2 Å². The molecule has 3 rings (SSSR count). The van der Waals surface area contributed by atoms with Gasteiger partial charge in [-0.25, -0.2) is 0 Å². The van der Waals surface area contributed by atoms with Gasteiger partial charge in [0.25, 0.3) is 0 Å². The molecule has 0 aromatic heterocycles. The second kappa shape index (κ2) is 10.4. The summed E-state index contributed by atoms with van der Waals surface area (Å²) < 4.78 is 0. The summed E-state index contributed by atoms with van der Waals surface area (Å²) in [6.45, 7) is 10.5. The van der Waals surface area contributed by atoms with Crippen LogP contribution >= 0.6 is 12.2 Å². The van der Waals surface area contributed by atoms with Crippen LogP contribution in [0, 0.1) is 20.8 Å². The molecule has 3 aromatic rings. The SMILES string of the molecule is CCCCN(Cc1ccccc1)C(=S)N(c1ccccc1)c1c(C)cc(C)cc1C. The number of benzene rings is 3. The van der Waals surface area contributed by atoms with Gasteiger partial charge in [-0.1, -0.05) is 79.6 Å². The molecule has 0 saturated carbocycles. The normalized spacial score (nSPS) is 10.7. The van der Waals surface area contributed by atoms with E-state index in [2.05, 4.69) is 110 Å². The molecule has 0 aliphatic heterocycles. The van der Waals surface area contributed by atoms with E-state index in [9.17, 15) is 0 Å². The number of unbranched alkanes of at least 4 members (excludes halogenated alkanes) is 1. The zero-order valence-electron chi connectivity index (χ0n) is 18.6. The summed E-state index contributed by atoms with van der Waals surface area (Å²) in [7, 11) is 0. The smallest absolute Gasteiger partial charge is 0.181 e. The summed E-state index contributed by atoms with van der Waals surface area (Å²) >= 11 is 6.18. The Hall–Kier alpha value is -2.65. The van der Waals surface area contributed by atoms with Gasteiger partial charge in [0.1, 0.15) is 0 Å². The van der Waals surface area contributed by atoms with Gasteiger partial charge in [-0.15, -0.1) is 0 Å². The number of anilines is 2. The van der Waals surface area contributed by atoms with Gasteiger partial charge in [0.05, 0.1) is 5.69 Å². The molecule has 0 N–H and O–H groups in total. The molecule has 0 amide bonds. The zero-order valence-corrected chi connectivity index (χ0v) is 19.4. The number of thiocarbonyl (C=S) groups is 1. The second-order valence-corrected chi connectivity index (χ2v) is 8.33. The fourth-order valence-corrected chi connectivity index (χ4v) is 4.33. The van der Waals surface area contributed by atoms with E-state index >= 15 is 0 Å². The zero-order chi connectivity index (χ0) is 21.5. The summed E-state index contributed by atoms with van der Waals surface area (Å²) in [5.41, 5.74) is 7.34. The van der Waals surface area contributed by atoms with Gasteiger partial charge in [0, 0.05) is 18.8 Å². The molecule has 30 heavy (non-hydrogen) atoms. The lowest BCUT2D eigenvalue weighted by Crippen LogP contribution is -2.41. The molecule has 3 aromatic carbocycles. The minimum absolute atomic E-state index is 0.812. The van der Waals surface area contributed by atoms with Crippen molar-refractivity contribution >= 4 is 28.7 Å². The van der Waals surface area contributed by atoms with Gasteiger partial charge >= 0.3 is 0 Å². The largest absolute Gasteiger partial charge is 0.344 e. The Bertz CT molecular complexity index is 944. The first-order valence-electron chi connectivity index (χ1n) is 10.8. The number of para-hydroxylation sites is 1. The van der Waals surface area contributed by atoms with Gasteiger partial charge in [-0.3, -0.25) is 4.90 Å². The van der Waals surface area contributed by atoms with Crippen LogP contribution in [0.1, 0.15) is 42.0 Å². The van der Waals surface area contributed by atoms with Gasteiger partial charge in [0.2, 0.25) is 0 Å². The number of hydrogen-bond acceptors (Lipinski definition) is 1. The Morgan fingerprint density at radius 3 is 1.97 bits per heavy atom. The molecule has 0 unspecified atom stereocenters. The van der Waals surface area contributed by atoms with Crippen LogP contribution in [0.3, 0.4) is 0 Å². The molecule has 0 aliphatic carbocycles. The molecule has 0 heterocycles. The van der Waals surface area contributed by atoms with Crippen LogP contribution in [0.15, 0.2) is 72.8 Å². The minimum atomic E-state index is 0.812. The van der Waals surface area contributed by atoms with E-state index in [1.165, 1.54) is 27.9 Å².